The highest BCUT2D eigenvalue weighted by molar-refractivity contribution is 6.02. The van der Waals surface area contributed by atoms with Gasteiger partial charge >= 0.3 is 0 Å². The molecule has 2 aromatic rings. The molecule has 2 amide bonds. The number of hydrogen-bond donors (Lipinski definition) is 4. The molecule has 0 saturated carbocycles. The predicted octanol–water partition coefficient (Wildman–Crippen LogP) is 5.48. The van der Waals surface area contributed by atoms with Crippen LogP contribution in [-0.2, 0) is 4.79 Å². The number of para-hydroxylation sites is 1. The molecule has 1 heterocycles. The van der Waals surface area contributed by atoms with Gasteiger partial charge in [0.2, 0.25) is 5.91 Å². The Morgan fingerprint density at radius 3 is 1.97 bits per heavy atom. The SMILES string of the molecule is CCCCCCCCCCCCCCCC(=O)NNC(=O)c1c(O)c2ccccc2[nH]c1=O. The van der Waals surface area contributed by atoms with Crippen molar-refractivity contribution in [1.29, 1.82) is 0 Å². The van der Waals surface area contributed by atoms with Crippen LogP contribution in [0.5, 0.6) is 5.75 Å². The number of benzene rings is 1. The third-order valence-electron chi connectivity index (χ3n) is 5.94. The van der Waals surface area contributed by atoms with Crippen molar-refractivity contribution in [3.8, 4) is 5.75 Å². The molecule has 0 saturated heterocycles. The van der Waals surface area contributed by atoms with Gasteiger partial charge < -0.3 is 10.1 Å². The van der Waals surface area contributed by atoms with Crippen LogP contribution in [0.1, 0.15) is 107 Å². The zero-order chi connectivity index (χ0) is 23.9. The lowest BCUT2D eigenvalue weighted by Crippen LogP contribution is -2.43. The maximum Gasteiger partial charge on any atom is 0.279 e. The van der Waals surface area contributed by atoms with Crippen LogP contribution < -0.4 is 16.4 Å². The molecule has 0 unspecified atom stereocenters. The molecule has 0 spiro atoms. The third-order valence-corrected chi connectivity index (χ3v) is 5.94. The second kappa shape index (κ2) is 15.1. The molecule has 1 aromatic carbocycles. The fourth-order valence-electron chi connectivity index (χ4n) is 3.99. The van der Waals surface area contributed by atoms with Crippen molar-refractivity contribution < 1.29 is 14.7 Å². The van der Waals surface area contributed by atoms with Gasteiger partial charge in [-0.05, 0) is 18.6 Å². The van der Waals surface area contributed by atoms with Gasteiger partial charge in [-0.15, -0.1) is 0 Å². The van der Waals surface area contributed by atoms with Gasteiger partial charge in [-0.2, -0.15) is 0 Å². The Hall–Kier alpha value is -2.83. The van der Waals surface area contributed by atoms with E-state index in [2.05, 4.69) is 22.8 Å². The first-order chi connectivity index (χ1) is 16.0. The van der Waals surface area contributed by atoms with E-state index < -0.39 is 22.8 Å². The number of hydrazine groups is 1. The van der Waals surface area contributed by atoms with Crippen LogP contribution in [0.3, 0.4) is 0 Å². The van der Waals surface area contributed by atoms with Crippen molar-refractivity contribution in [1.82, 2.24) is 15.8 Å². The largest absolute Gasteiger partial charge is 0.506 e. The lowest BCUT2D eigenvalue weighted by molar-refractivity contribution is -0.122. The van der Waals surface area contributed by atoms with Crippen molar-refractivity contribution in [2.45, 2.75) is 96.8 Å². The van der Waals surface area contributed by atoms with Gasteiger partial charge in [0.25, 0.3) is 11.5 Å². The van der Waals surface area contributed by atoms with Gasteiger partial charge in [0, 0.05) is 11.8 Å². The van der Waals surface area contributed by atoms with Gasteiger partial charge in [0.1, 0.15) is 11.3 Å². The van der Waals surface area contributed by atoms with Gasteiger partial charge in [-0.25, -0.2) is 0 Å². The minimum absolute atomic E-state index is 0.304. The summed E-state index contributed by atoms with van der Waals surface area (Å²) in [5.41, 5.74) is 3.85. The summed E-state index contributed by atoms with van der Waals surface area (Å²) in [5.74, 6) is -1.57. The number of rotatable bonds is 15. The molecule has 33 heavy (non-hydrogen) atoms. The van der Waals surface area contributed by atoms with E-state index in [0.29, 0.717) is 17.3 Å². The molecule has 0 radical (unpaired) electrons. The number of aromatic nitrogens is 1. The lowest BCUT2D eigenvalue weighted by atomic mass is 10.0. The molecule has 0 atom stereocenters. The minimum Gasteiger partial charge on any atom is -0.506 e. The van der Waals surface area contributed by atoms with Crippen LogP contribution in [0.15, 0.2) is 29.1 Å². The Balaban J connectivity index is 1.56. The summed E-state index contributed by atoms with van der Waals surface area (Å²) < 4.78 is 0. The lowest BCUT2D eigenvalue weighted by Gasteiger charge is -2.09. The minimum atomic E-state index is -0.849. The van der Waals surface area contributed by atoms with Crippen LogP contribution in [0.25, 0.3) is 10.9 Å². The summed E-state index contributed by atoms with van der Waals surface area (Å²) >= 11 is 0. The average Bonchev–Trinajstić information content (AvgIpc) is 2.80. The quantitative estimate of drug-likeness (QED) is 0.210. The molecule has 0 fully saturated rings. The van der Waals surface area contributed by atoms with Crippen LogP contribution in [-0.4, -0.2) is 21.9 Å². The summed E-state index contributed by atoms with van der Waals surface area (Å²) in [6, 6.07) is 6.65. The van der Waals surface area contributed by atoms with E-state index >= 15 is 0 Å². The van der Waals surface area contributed by atoms with E-state index in [1.165, 1.54) is 64.2 Å². The average molecular weight is 458 g/mol. The second-order valence-electron chi connectivity index (χ2n) is 8.72. The molecular weight excluding hydrogens is 418 g/mol. The van der Waals surface area contributed by atoms with Gasteiger partial charge in [-0.3, -0.25) is 25.2 Å². The van der Waals surface area contributed by atoms with Crippen molar-refractivity contribution in [3.05, 3.63) is 40.2 Å². The molecule has 1 aromatic heterocycles. The number of carbonyl (C=O) groups excluding carboxylic acids is 2. The number of aromatic amines is 1. The van der Waals surface area contributed by atoms with Crippen LogP contribution in [0.4, 0.5) is 0 Å². The molecule has 0 aliphatic heterocycles. The van der Waals surface area contributed by atoms with Crippen LogP contribution in [0, 0.1) is 0 Å². The topological polar surface area (TPSA) is 111 Å². The monoisotopic (exact) mass is 457 g/mol. The molecule has 0 bridgehead atoms. The molecule has 4 N–H and O–H groups in total. The summed E-state index contributed by atoms with van der Waals surface area (Å²) in [7, 11) is 0. The Labute approximate surface area is 196 Å². The van der Waals surface area contributed by atoms with Crippen molar-refractivity contribution in [2.24, 2.45) is 0 Å². The number of unbranched alkanes of at least 4 members (excludes halogenated alkanes) is 12. The standard InChI is InChI=1S/C26H39N3O4/c1-2-3-4-5-6-7-8-9-10-11-12-13-14-19-22(30)28-29-26(33)23-24(31)20-17-15-16-18-21(20)27-25(23)32/h15-18H,2-14,19H2,1H3,(H,28,30)(H,29,33)(H2,27,31,32). The van der Waals surface area contributed by atoms with Gasteiger partial charge in [0.05, 0.1) is 5.52 Å². The number of hydrogen-bond acceptors (Lipinski definition) is 4. The number of aromatic hydroxyl groups is 1. The molecule has 7 heteroatoms. The maximum atomic E-state index is 12.3. The highest BCUT2D eigenvalue weighted by Crippen LogP contribution is 2.24. The summed E-state index contributed by atoms with van der Waals surface area (Å²) in [6.07, 6.45) is 16.3. The van der Waals surface area contributed by atoms with E-state index in [1.807, 2.05) is 0 Å². The maximum absolute atomic E-state index is 12.3. The Kier molecular flexibility index (Phi) is 12.1. The Morgan fingerprint density at radius 2 is 1.36 bits per heavy atom. The number of fused-ring (bicyclic) bond motifs is 1. The van der Waals surface area contributed by atoms with Gasteiger partial charge in [-0.1, -0.05) is 96.1 Å². The molecule has 182 valence electrons. The summed E-state index contributed by atoms with van der Waals surface area (Å²) in [4.78, 5) is 39.0. The van der Waals surface area contributed by atoms with E-state index in [4.69, 9.17) is 0 Å². The fourth-order valence-corrected chi connectivity index (χ4v) is 3.99. The zero-order valence-corrected chi connectivity index (χ0v) is 19.9. The number of nitrogens with one attached hydrogen (secondary N) is 3. The Morgan fingerprint density at radius 1 is 0.818 bits per heavy atom. The van der Waals surface area contributed by atoms with E-state index in [-0.39, 0.29) is 5.91 Å². The first-order valence-electron chi connectivity index (χ1n) is 12.5. The van der Waals surface area contributed by atoms with Crippen LogP contribution in [0.2, 0.25) is 0 Å². The molecular formula is C26H39N3O4. The van der Waals surface area contributed by atoms with E-state index in [9.17, 15) is 19.5 Å². The molecule has 0 aliphatic rings. The number of pyridine rings is 1. The van der Waals surface area contributed by atoms with Crippen molar-refractivity contribution >= 4 is 22.7 Å². The summed E-state index contributed by atoms with van der Waals surface area (Å²) in [5, 5.41) is 10.7. The third kappa shape index (κ3) is 9.28. The smallest absolute Gasteiger partial charge is 0.279 e. The molecule has 0 aliphatic carbocycles. The normalized spacial score (nSPS) is 10.9. The van der Waals surface area contributed by atoms with E-state index in [0.717, 1.165) is 19.3 Å². The second-order valence-corrected chi connectivity index (χ2v) is 8.72. The van der Waals surface area contributed by atoms with Crippen molar-refractivity contribution in [2.75, 3.05) is 0 Å². The van der Waals surface area contributed by atoms with Gasteiger partial charge in [0.15, 0.2) is 0 Å². The highest BCUT2D eigenvalue weighted by atomic mass is 16.3. The predicted molar refractivity (Wildman–Crippen MR) is 132 cm³/mol. The van der Waals surface area contributed by atoms with Crippen molar-refractivity contribution in [3.63, 3.8) is 0 Å². The number of carbonyl (C=O) groups is 2. The van der Waals surface area contributed by atoms with E-state index in [1.54, 1.807) is 24.3 Å². The highest BCUT2D eigenvalue weighted by Gasteiger charge is 2.19. The number of amides is 2. The fraction of sp³-hybridized carbons (Fsp3) is 0.577. The molecule has 7 nitrogen and oxygen atoms in total. The first kappa shape index (κ1) is 26.4. The molecule has 2 rings (SSSR count). The van der Waals surface area contributed by atoms with Crippen LogP contribution >= 0.6 is 0 Å². The Bertz CT molecular complexity index is 939. The number of H-pyrrole nitrogens is 1. The summed E-state index contributed by atoms with van der Waals surface area (Å²) in [6.45, 7) is 2.24. The first-order valence-corrected chi connectivity index (χ1v) is 12.5. The zero-order valence-electron chi connectivity index (χ0n) is 19.9.